The van der Waals surface area contributed by atoms with Crippen LogP contribution in [-0.2, 0) is 51.2 Å². The Morgan fingerprint density at radius 2 is 1.42 bits per heavy atom. The zero-order chi connectivity index (χ0) is 42.0. The van der Waals surface area contributed by atoms with Crippen molar-refractivity contribution in [2.75, 3.05) is 25.2 Å². The second-order valence-electron chi connectivity index (χ2n) is 15.3. The molecule has 302 valence electrons. The molecule has 2 aliphatic heterocycles. The summed E-state index contributed by atoms with van der Waals surface area (Å²) in [6.07, 6.45) is 8.69. The fourth-order valence-electron chi connectivity index (χ4n) is 9.08. The van der Waals surface area contributed by atoms with E-state index in [1.165, 1.54) is 42.4 Å². The van der Waals surface area contributed by atoms with Crippen LogP contribution in [0.4, 0.5) is 0 Å². The third kappa shape index (κ3) is 11.7. The van der Waals surface area contributed by atoms with Crippen LogP contribution in [0.25, 0.3) is 0 Å². The van der Waals surface area contributed by atoms with Gasteiger partial charge in [0.05, 0.1) is 0 Å². The molecule has 0 amide bonds. The number of nitrogens with zero attached hydrogens (tertiary/aromatic N) is 1. The van der Waals surface area contributed by atoms with E-state index < -0.39 is 0 Å². The second-order valence-corrected chi connectivity index (χ2v) is 18.8. The second kappa shape index (κ2) is 24.4. The Balaban J connectivity index is 0.00000102. The number of rotatable bonds is 11. The summed E-state index contributed by atoms with van der Waals surface area (Å²) in [5, 5.41) is 0. The van der Waals surface area contributed by atoms with Crippen molar-refractivity contribution in [2.45, 2.75) is 100 Å². The Morgan fingerprint density at radius 1 is 0.825 bits per heavy atom. The van der Waals surface area contributed by atoms with Crippen LogP contribution < -0.4 is 9.47 Å². The third-order valence-electron chi connectivity index (χ3n) is 11.8. The van der Waals surface area contributed by atoms with Crippen molar-refractivity contribution >= 4 is 28.1 Å². The summed E-state index contributed by atoms with van der Waals surface area (Å²) in [4.78, 5) is 2.76. The Kier molecular flexibility index (Phi) is 20.8. The molecule has 0 bridgehead atoms. The van der Waals surface area contributed by atoms with Crippen molar-refractivity contribution in [3.05, 3.63) is 122 Å². The molecule has 3 aromatic rings. The van der Waals surface area contributed by atoms with Crippen LogP contribution in [0.1, 0.15) is 88.3 Å². The van der Waals surface area contributed by atoms with E-state index in [1.54, 1.807) is 7.11 Å². The van der Waals surface area contributed by atoms with Crippen molar-refractivity contribution in [1.82, 2.24) is 4.90 Å². The monoisotopic (exact) mass is 847 g/mol. The summed E-state index contributed by atoms with van der Waals surface area (Å²) >= 11 is 7.87. The molecule has 0 N–H and O–H groups in total. The van der Waals surface area contributed by atoms with Crippen LogP contribution in [-0.4, -0.2) is 51.0 Å². The molecule has 2 aliphatic carbocycles. The van der Waals surface area contributed by atoms with E-state index >= 15 is 0 Å². The number of thioether (sulfide) groups is 2. The van der Waals surface area contributed by atoms with Gasteiger partial charge in [0.15, 0.2) is 0 Å². The van der Waals surface area contributed by atoms with Gasteiger partial charge < -0.3 is 0 Å². The zero-order valence-electron chi connectivity index (χ0n) is 33.3. The molecule has 2 saturated heterocycles. The van der Waals surface area contributed by atoms with Crippen LogP contribution >= 0.6 is 23.5 Å². The minimum absolute atomic E-state index is 0.0117. The van der Waals surface area contributed by atoms with Crippen LogP contribution in [0.3, 0.4) is 0 Å². The van der Waals surface area contributed by atoms with E-state index in [4.69, 9.17) is 32.8 Å². The molecule has 57 heavy (non-hydrogen) atoms. The Labute approximate surface area is 356 Å². The summed E-state index contributed by atoms with van der Waals surface area (Å²) in [6, 6.07) is 28.9. The summed E-state index contributed by atoms with van der Waals surface area (Å²) in [7, 11) is 1.76. The molecule has 4 aliphatic rings. The molecule has 2 saturated carbocycles. The van der Waals surface area contributed by atoms with Crippen molar-refractivity contribution in [3.8, 4) is 11.5 Å². The summed E-state index contributed by atoms with van der Waals surface area (Å²) in [5.41, 5.74) is 4.10. The molecular weight excluding hydrogens is 795 g/mol. The molecule has 0 radical (unpaired) electrons. The minimum atomic E-state index is -0.113. The van der Waals surface area contributed by atoms with Gasteiger partial charge in [-0.25, -0.2) is 0 Å². The van der Waals surface area contributed by atoms with Gasteiger partial charge in [0.1, 0.15) is 0 Å². The van der Waals surface area contributed by atoms with E-state index in [-0.39, 0.29) is 33.7 Å². The molecule has 0 aromatic heterocycles. The van der Waals surface area contributed by atoms with Gasteiger partial charge in [0.25, 0.3) is 0 Å². The summed E-state index contributed by atoms with van der Waals surface area (Å²) < 4.78 is 50.9. The zero-order valence-corrected chi connectivity index (χ0v) is 36.2. The van der Waals surface area contributed by atoms with Gasteiger partial charge in [0.2, 0.25) is 0 Å². The van der Waals surface area contributed by atoms with Crippen LogP contribution in [0, 0.1) is 44.4 Å². The Morgan fingerprint density at radius 3 is 2.02 bits per heavy atom. The first-order valence-corrected chi connectivity index (χ1v) is 21.9. The van der Waals surface area contributed by atoms with Crippen molar-refractivity contribution in [1.29, 1.82) is 0 Å². The average molecular weight is 848 g/mol. The standard InChI is InChI=1S/C42H53NO3S2.4CO.Cr/c1-30-19-21-36(41(2,3)33-15-9-6-10-16-33)39(25-30)45-29-37-35(32-20-22-38(44-4)40(26-32)46-34-17-11-12-18-34)28-43(42(37)47-23-24-48-42)27-31-13-7-5-8-14-31;4*1-2;/h5-10,13-16,20,22,26,30,34-37,39H,11-12,17-19,21,23-25,27-28H2,1-4H3;;;;;/t30-,35-,36-,37-,39-;;;;;/m1...../s1. The third-order valence-corrected chi connectivity index (χ3v) is 16.0. The molecule has 5 atom stereocenters. The van der Waals surface area contributed by atoms with E-state index in [1.807, 2.05) is 0 Å². The molecule has 8 nitrogen and oxygen atoms in total. The molecule has 2 heterocycles. The molecule has 1 spiro atoms. The first-order chi connectivity index (χ1) is 27.8. The predicted octanol–water partition coefficient (Wildman–Crippen LogP) is 9.69. The van der Waals surface area contributed by atoms with E-state index in [0.717, 1.165) is 59.9 Å². The van der Waals surface area contributed by atoms with Gasteiger partial charge >= 0.3 is 358 Å². The van der Waals surface area contributed by atoms with E-state index in [0.29, 0.717) is 11.8 Å². The van der Waals surface area contributed by atoms with Crippen molar-refractivity contribution in [3.63, 3.8) is 0 Å². The normalized spacial score (nSPS) is 23.8. The topological polar surface area (TPSA) is 111 Å². The van der Waals surface area contributed by atoms with Gasteiger partial charge in [-0.2, -0.15) is 0 Å². The van der Waals surface area contributed by atoms with Gasteiger partial charge in [-0.05, 0) is 0 Å². The number of ether oxygens (including phenoxy) is 3. The first-order valence-electron chi connectivity index (χ1n) is 19.3. The molecule has 0 unspecified atom stereocenters. The SMILES string of the molecule is COc1ccc([C@H]2CN(Cc3ccccc3)C3(SCCS3)[C@@H]2[C](=[Cr])O[C@@H]2C[C@H](C)CC[C@H]2C(C)(C)c2ccccc2)cc1OC1CCCC1.[C-]#[O+].[C-]#[O+].[C-]#[O+].[C-]#[O+]. The molecule has 4 fully saturated rings. The molecular formula is C46H53CrNO7S2. The summed E-state index contributed by atoms with van der Waals surface area (Å²) in [5.74, 6) is 5.52. The van der Waals surface area contributed by atoms with Crippen LogP contribution in [0.5, 0.6) is 11.5 Å². The number of methoxy groups -OCH3 is 1. The molecule has 11 heteroatoms. The number of hydrogen-bond donors (Lipinski definition) is 0. The van der Waals surface area contributed by atoms with Gasteiger partial charge in [-0.15, -0.1) is 0 Å². The van der Waals surface area contributed by atoms with Crippen LogP contribution in [0.15, 0.2) is 78.9 Å². The first kappa shape index (κ1) is 48.6. The van der Waals surface area contributed by atoms with Gasteiger partial charge in [-0.1, -0.05) is 0 Å². The Hall–Kier alpha value is -2.76. The Bertz CT molecular complexity index is 1730. The van der Waals surface area contributed by atoms with Crippen LogP contribution in [0.2, 0.25) is 0 Å². The quantitative estimate of drug-likeness (QED) is 0.140. The summed E-state index contributed by atoms with van der Waals surface area (Å²) in [6.45, 7) is 27.2. The fraction of sp³-hybridized carbons (Fsp3) is 0.500. The maximum absolute atomic E-state index is 7.50. The van der Waals surface area contributed by atoms with Gasteiger partial charge in [-0.3, -0.25) is 0 Å². The molecule has 3 aromatic carbocycles. The fourth-order valence-corrected chi connectivity index (χ4v) is 13.7. The van der Waals surface area contributed by atoms with E-state index in [2.05, 4.69) is 171 Å². The number of hydrogen-bond acceptors (Lipinski definition) is 6. The molecule has 7 rings (SSSR count). The van der Waals surface area contributed by atoms with E-state index in [9.17, 15) is 0 Å². The van der Waals surface area contributed by atoms with Gasteiger partial charge in [0, 0.05) is 0 Å². The number of likely N-dealkylation sites (tertiary alicyclic amines) is 1. The predicted molar refractivity (Wildman–Crippen MR) is 218 cm³/mol. The maximum atomic E-state index is 7.50. The average Bonchev–Trinajstić information content (AvgIpc) is 4.04. The van der Waals surface area contributed by atoms with Crippen molar-refractivity contribution in [2.24, 2.45) is 17.8 Å². The van der Waals surface area contributed by atoms with Crippen molar-refractivity contribution < 1.29 is 48.7 Å². The number of benzene rings is 3.